The molecule has 3 N–H and O–H groups in total. The van der Waals surface area contributed by atoms with Gasteiger partial charge in [-0.3, -0.25) is 4.79 Å². The summed E-state index contributed by atoms with van der Waals surface area (Å²) in [5.41, 5.74) is 6.98. The fourth-order valence-electron chi connectivity index (χ4n) is 1.35. The van der Waals surface area contributed by atoms with Gasteiger partial charge in [0.05, 0.1) is 17.7 Å². The summed E-state index contributed by atoms with van der Waals surface area (Å²) in [5.74, 6) is -0.320. The minimum atomic E-state index is -0.320. The largest absolute Gasteiger partial charge is 0.397 e. The maximum absolute atomic E-state index is 11.8. The molecule has 0 radical (unpaired) electrons. The van der Waals surface area contributed by atoms with Crippen molar-refractivity contribution in [3.05, 3.63) is 41.4 Å². The molecule has 0 unspecified atom stereocenters. The minimum Gasteiger partial charge on any atom is -0.397 e. The summed E-state index contributed by atoms with van der Waals surface area (Å²) in [5, 5.41) is 3.17. The van der Waals surface area contributed by atoms with Crippen LogP contribution in [-0.2, 0) is 7.05 Å². The van der Waals surface area contributed by atoms with E-state index in [0.29, 0.717) is 22.1 Å². The predicted octanol–water partition coefficient (Wildman–Crippen LogP) is 1.91. The van der Waals surface area contributed by atoms with E-state index in [-0.39, 0.29) is 5.91 Å². The minimum absolute atomic E-state index is 0.320. The first-order valence-electron chi connectivity index (χ1n) is 4.90. The lowest BCUT2D eigenvalue weighted by Gasteiger charge is -2.06. The van der Waals surface area contributed by atoms with Gasteiger partial charge in [-0.2, -0.15) is 0 Å². The van der Waals surface area contributed by atoms with Crippen molar-refractivity contribution in [3.8, 4) is 0 Å². The number of hydrogen-bond acceptors (Lipinski definition) is 3. The van der Waals surface area contributed by atoms with E-state index in [1.165, 1.54) is 0 Å². The zero-order valence-corrected chi connectivity index (χ0v) is 9.90. The Bertz CT molecular complexity index is 564. The number of carbonyl (C=O) groups excluding carboxylic acids is 1. The number of nitrogens with two attached hydrogens (primary N) is 1. The number of amides is 1. The molecule has 0 aliphatic rings. The molecule has 0 atom stereocenters. The van der Waals surface area contributed by atoms with Crippen molar-refractivity contribution >= 4 is 28.9 Å². The van der Waals surface area contributed by atoms with Crippen molar-refractivity contribution < 1.29 is 4.79 Å². The Kier molecular flexibility index (Phi) is 3.01. The van der Waals surface area contributed by atoms with Gasteiger partial charge in [-0.1, -0.05) is 11.6 Å². The smallest absolute Gasteiger partial charge is 0.275 e. The van der Waals surface area contributed by atoms with Crippen molar-refractivity contribution in [3.63, 3.8) is 0 Å². The van der Waals surface area contributed by atoms with Gasteiger partial charge < -0.3 is 15.6 Å². The Morgan fingerprint density at radius 2 is 2.29 bits per heavy atom. The van der Waals surface area contributed by atoms with E-state index in [9.17, 15) is 4.79 Å². The quantitative estimate of drug-likeness (QED) is 0.800. The number of nitrogens with one attached hydrogen (secondary N) is 1. The highest BCUT2D eigenvalue weighted by Gasteiger charge is 2.10. The summed E-state index contributed by atoms with van der Waals surface area (Å²) in [7, 11) is 1.79. The number of nitrogen functional groups attached to an aromatic ring is 1. The highest BCUT2D eigenvalue weighted by atomic mass is 35.5. The molecule has 0 bridgehead atoms. The van der Waals surface area contributed by atoms with Crippen LogP contribution in [0.25, 0.3) is 0 Å². The van der Waals surface area contributed by atoms with Crippen molar-refractivity contribution in [2.75, 3.05) is 11.1 Å². The van der Waals surface area contributed by atoms with Gasteiger partial charge in [0.2, 0.25) is 0 Å². The number of halogens is 1. The second-order valence-electron chi connectivity index (χ2n) is 3.61. The van der Waals surface area contributed by atoms with Crippen LogP contribution >= 0.6 is 11.6 Å². The molecule has 2 aromatic rings. The first-order valence-corrected chi connectivity index (χ1v) is 5.28. The van der Waals surface area contributed by atoms with Gasteiger partial charge in [0.1, 0.15) is 5.69 Å². The first kappa shape index (κ1) is 11.5. The number of carbonyl (C=O) groups is 1. The van der Waals surface area contributed by atoms with Gasteiger partial charge in [0.25, 0.3) is 5.91 Å². The third kappa shape index (κ3) is 2.57. The molecule has 0 aliphatic heterocycles. The summed E-state index contributed by atoms with van der Waals surface area (Å²) >= 11 is 5.82. The summed E-state index contributed by atoms with van der Waals surface area (Å²) in [4.78, 5) is 15.7. The van der Waals surface area contributed by atoms with Crippen LogP contribution in [0.1, 0.15) is 10.5 Å². The first-order chi connectivity index (χ1) is 8.06. The summed E-state index contributed by atoms with van der Waals surface area (Å²) in [6.07, 6.45) is 3.17. The zero-order chi connectivity index (χ0) is 12.4. The lowest BCUT2D eigenvalue weighted by atomic mass is 10.2. The van der Waals surface area contributed by atoms with E-state index in [0.717, 1.165) is 0 Å². The van der Waals surface area contributed by atoms with Crippen molar-refractivity contribution in [2.24, 2.45) is 7.05 Å². The Labute approximate surface area is 103 Å². The summed E-state index contributed by atoms with van der Waals surface area (Å²) in [6, 6.07) is 4.89. The standard InChI is InChI=1S/C11H11ClN4O/c1-16-5-10(14-6-16)11(17)15-9-4-7(12)2-3-8(9)13/h2-6H,13H2,1H3,(H,15,17). The van der Waals surface area contributed by atoms with Crippen LogP contribution in [0, 0.1) is 0 Å². The molecular formula is C11H11ClN4O. The number of aromatic nitrogens is 2. The molecule has 2 rings (SSSR count). The molecule has 6 heteroatoms. The summed E-state index contributed by atoms with van der Waals surface area (Å²) < 4.78 is 1.69. The van der Waals surface area contributed by atoms with Gasteiger partial charge in [0.15, 0.2) is 0 Å². The average Bonchev–Trinajstić information content (AvgIpc) is 2.70. The van der Waals surface area contributed by atoms with Crippen molar-refractivity contribution in [2.45, 2.75) is 0 Å². The van der Waals surface area contributed by atoms with Crippen LogP contribution in [0.5, 0.6) is 0 Å². The molecule has 17 heavy (non-hydrogen) atoms. The molecule has 0 aliphatic carbocycles. The molecule has 1 aromatic heterocycles. The molecule has 0 spiro atoms. The van der Waals surface area contributed by atoms with Crippen molar-refractivity contribution in [1.82, 2.24) is 9.55 Å². The monoisotopic (exact) mass is 250 g/mol. The molecule has 1 aromatic carbocycles. The number of anilines is 2. The van der Waals surface area contributed by atoms with E-state index in [1.807, 2.05) is 0 Å². The number of rotatable bonds is 2. The van der Waals surface area contributed by atoms with Crippen LogP contribution in [0.4, 0.5) is 11.4 Å². The highest BCUT2D eigenvalue weighted by molar-refractivity contribution is 6.31. The predicted molar refractivity (Wildman–Crippen MR) is 67.0 cm³/mol. The fraction of sp³-hybridized carbons (Fsp3) is 0.0909. The number of aryl methyl sites for hydroxylation is 1. The van der Waals surface area contributed by atoms with E-state index >= 15 is 0 Å². The second-order valence-corrected chi connectivity index (χ2v) is 4.05. The number of hydrogen-bond donors (Lipinski definition) is 2. The van der Waals surface area contributed by atoms with Crippen molar-refractivity contribution in [1.29, 1.82) is 0 Å². The number of imidazole rings is 1. The van der Waals surface area contributed by atoms with E-state index in [2.05, 4.69) is 10.3 Å². The second kappa shape index (κ2) is 4.47. The Morgan fingerprint density at radius 3 is 2.94 bits per heavy atom. The lowest BCUT2D eigenvalue weighted by molar-refractivity contribution is 0.102. The molecular weight excluding hydrogens is 240 g/mol. The van der Waals surface area contributed by atoms with Gasteiger partial charge in [0, 0.05) is 18.3 Å². The third-order valence-electron chi connectivity index (χ3n) is 2.20. The number of benzene rings is 1. The van der Waals surface area contributed by atoms with Crippen LogP contribution < -0.4 is 11.1 Å². The van der Waals surface area contributed by atoms with Gasteiger partial charge in [-0.25, -0.2) is 4.98 Å². The van der Waals surface area contributed by atoms with E-state index < -0.39 is 0 Å². The van der Waals surface area contributed by atoms with Crippen LogP contribution in [0.15, 0.2) is 30.7 Å². The number of nitrogens with zero attached hydrogens (tertiary/aromatic N) is 2. The Morgan fingerprint density at radius 1 is 1.53 bits per heavy atom. The van der Waals surface area contributed by atoms with Gasteiger partial charge in [-0.15, -0.1) is 0 Å². The molecule has 0 fully saturated rings. The molecule has 1 amide bonds. The fourth-order valence-corrected chi connectivity index (χ4v) is 1.53. The van der Waals surface area contributed by atoms with Gasteiger partial charge in [-0.05, 0) is 18.2 Å². The van der Waals surface area contributed by atoms with Crippen LogP contribution in [-0.4, -0.2) is 15.5 Å². The Hall–Kier alpha value is -2.01. The molecule has 0 saturated heterocycles. The maximum atomic E-state index is 11.8. The molecule has 1 heterocycles. The molecule has 88 valence electrons. The third-order valence-corrected chi connectivity index (χ3v) is 2.44. The normalized spacial score (nSPS) is 10.2. The summed E-state index contributed by atoms with van der Waals surface area (Å²) in [6.45, 7) is 0. The average molecular weight is 251 g/mol. The maximum Gasteiger partial charge on any atom is 0.275 e. The van der Waals surface area contributed by atoms with Crippen LogP contribution in [0.3, 0.4) is 0 Å². The van der Waals surface area contributed by atoms with E-state index in [4.69, 9.17) is 17.3 Å². The zero-order valence-electron chi connectivity index (χ0n) is 9.14. The Balaban J connectivity index is 2.21. The topological polar surface area (TPSA) is 72.9 Å². The highest BCUT2D eigenvalue weighted by Crippen LogP contribution is 2.23. The van der Waals surface area contributed by atoms with Crippen LogP contribution in [0.2, 0.25) is 5.02 Å². The van der Waals surface area contributed by atoms with Gasteiger partial charge >= 0.3 is 0 Å². The molecule has 5 nitrogen and oxygen atoms in total. The lowest BCUT2D eigenvalue weighted by Crippen LogP contribution is -2.13. The molecule has 0 saturated carbocycles. The SMILES string of the molecule is Cn1cnc(C(=O)Nc2cc(Cl)ccc2N)c1. The van der Waals surface area contributed by atoms with E-state index in [1.54, 1.807) is 42.3 Å².